The first-order valence-corrected chi connectivity index (χ1v) is 9.32. The van der Waals surface area contributed by atoms with E-state index in [1.165, 1.54) is 7.11 Å². The van der Waals surface area contributed by atoms with E-state index < -0.39 is 0 Å². The van der Waals surface area contributed by atoms with Gasteiger partial charge in [-0.1, -0.05) is 0 Å². The molecule has 2 aliphatic rings. The highest BCUT2D eigenvalue weighted by molar-refractivity contribution is 5.94. The number of ether oxygens (including phenoxy) is 3. The molecule has 1 aromatic rings. The fraction of sp³-hybridized carbons (Fsp3) is 0.632. The second-order valence-corrected chi connectivity index (χ2v) is 6.89. The zero-order valence-corrected chi connectivity index (χ0v) is 15.8. The third-order valence-electron chi connectivity index (χ3n) is 5.29. The van der Waals surface area contributed by atoms with Crippen molar-refractivity contribution in [3.8, 4) is 5.88 Å². The fourth-order valence-corrected chi connectivity index (χ4v) is 3.74. The minimum atomic E-state index is -0.194. The van der Waals surface area contributed by atoms with Gasteiger partial charge in [0.2, 0.25) is 11.8 Å². The van der Waals surface area contributed by atoms with Crippen LogP contribution in [0.3, 0.4) is 0 Å². The topological polar surface area (TPSA) is 90.0 Å². The second-order valence-electron chi connectivity index (χ2n) is 6.89. The summed E-state index contributed by atoms with van der Waals surface area (Å²) in [5.74, 6) is 0.303. The first-order valence-electron chi connectivity index (χ1n) is 9.32. The van der Waals surface area contributed by atoms with Crippen molar-refractivity contribution < 1.29 is 23.8 Å². The molecule has 1 aliphatic carbocycles. The predicted molar refractivity (Wildman–Crippen MR) is 97.6 cm³/mol. The van der Waals surface area contributed by atoms with E-state index >= 15 is 0 Å². The number of nitrogens with zero attached hydrogens (tertiary/aromatic N) is 2. The van der Waals surface area contributed by atoms with Crippen LogP contribution in [-0.4, -0.2) is 74.4 Å². The lowest BCUT2D eigenvalue weighted by molar-refractivity contribution is -0.142. The van der Waals surface area contributed by atoms with Crippen molar-refractivity contribution >= 4 is 11.8 Å². The molecule has 1 N–H and O–H groups in total. The Morgan fingerprint density at radius 3 is 2.74 bits per heavy atom. The summed E-state index contributed by atoms with van der Waals surface area (Å²) in [6, 6.07) is 3.12. The monoisotopic (exact) mass is 377 g/mol. The molecule has 1 aromatic heterocycles. The Labute approximate surface area is 159 Å². The number of aromatic nitrogens is 1. The van der Waals surface area contributed by atoms with Gasteiger partial charge in [0.1, 0.15) is 0 Å². The van der Waals surface area contributed by atoms with Crippen molar-refractivity contribution in [2.45, 2.75) is 31.4 Å². The molecule has 1 saturated heterocycles. The predicted octanol–water partition coefficient (Wildman–Crippen LogP) is 0.863. The van der Waals surface area contributed by atoms with Crippen molar-refractivity contribution in [2.75, 3.05) is 40.5 Å². The van der Waals surface area contributed by atoms with E-state index in [0.29, 0.717) is 50.6 Å². The highest BCUT2D eigenvalue weighted by atomic mass is 16.5. The maximum absolute atomic E-state index is 12.7. The molecule has 2 heterocycles. The Hall–Kier alpha value is -2.19. The molecule has 8 heteroatoms. The van der Waals surface area contributed by atoms with Gasteiger partial charge < -0.3 is 24.4 Å². The van der Waals surface area contributed by atoms with Crippen LogP contribution in [-0.2, 0) is 14.3 Å². The minimum absolute atomic E-state index is 0.0674. The Kier molecular flexibility index (Phi) is 6.63. The molecule has 1 aliphatic heterocycles. The van der Waals surface area contributed by atoms with Crippen LogP contribution in [0, 0.1) is 5.92 Å². The van der Waals surface area contributed by atoms with Gasteiger partial charge in [0, 0.05) is 43.9 Å². The Morgan fingerprint density at radius 1 is 1.26 bits per heavy atom. The number of morpholine rings is 1. The number of methoxy groups -OCH3 is 2. The molecule has 0 radical (unpaired) electrons. The van der Waals surface area contributed by atoms with Gasteiger partial charge in [-0.3, -0.25) is 9.59 Å². The van der Waals surface area contributed by atoms with Gasteiger partial charge in [-0.05, 0) is 25.3 Å². The van der Waals surface area contributed by atoms with Crippen LogP contribution in [0.1, 0.15) is 29.6 Å². The third kappa shape index (κ3) is 4.75. The molecule has 3 rings (SSSR count). The summed E-state index contributed by atoms with van der Waals surface area (Å²) >= 11 is 0. The van der Waals surface area contributed by atoms with E-state index in [-0.39, 0.29) is 29.9 Å². The summed E-state index contributed by atoms with van der Waals surface area (Å²) in [5.41, 5.74) is 0.489. The van der Waals surface area contributed by atoms with E-state index in [1.54, 1.807) is 25.4 Å². The maximum Gasteiger partial charge on any atom is 0.251 e. The van der Waals surface area contributed by atoms with Gasteiger partial charge in [0.15, 0.2) is 0 Å². The lowest BCUT2D eigenvalue weighted by atomic mass is 9.82. The normalized spacial score (nSPS) is 25.7. The van der Waals surface area contributed by atoms with Crippen LogP contribution in [0.4, 0.5) is 0 Å². The lowest BCUT2D eigenvalue weighted by Gasteiger charge is -2.38. The van der Waals surface area contributed by atoms with E-state index in [0.717, 1.165) is 6.42 Å². The van der Waals surface area contributed by atoms with Crippen LogP contribution in [0.2, 0.25) is 0 Å². The highest BCUT2D eigenvalue weighted by Gasteiger charge is 2.37. The molecular formula is C19H27N3O5. The van der Waals surface area contributed by atoms with Crippen molar-refractivity contribution in [1.82, 2.24) is 15.2 Å². The number of amides is 2. The summed E-state index contributed by atoms with van der Waals surface area (Å²) in [7, 11) is 3.14. The van der Waals surface area contributed by atoms with Gasteiger partial charge in [0.05, 0.1) is 32.5 Å². The van der Waals surface area contributed by atoms with Crippen LogP contribution < -0.4 is 10.1 Å². The quantitative estimate of drug-likeness (QED) is 0.819. The molecule has 0 spiro atoms. The van der Waals surface area contributed by atoms with Crippen LogP contribution >= 0.6 is 0 Å². The zero-order chi connectivity index (χ0) is 19.2. The molecule has 0 unspecified atom stereocenters. The third-order valence-corrected chi connectivity index (χ3v) is 5.29. The maximum atomic E-state index is 12.7. The van der Waals surface area contributed by atoms with Crippen LogP contribution in [0.25, 0.3) is 0 Å². The first kappa shape index (κ1) is 19.6. The number of carbonyl (C=O) groups is 2. The van der Waals surface area contributed by atoms with Crippen molar-refractivity contribution in [1.29, 1.82) is 0 Å². The van der Waals surface area contributed by atoms with E-state index in [9.17, 15) is 9.59 Å². The molecule has 1 saturated carbocycles. The molecule has 3 atom stereocenters. The molecule has 148 valence electrons. The number of rotatable bonds is 5. The van der Waals surface area contributed by atoms with E-state index in [1.807, 2.05) is 4.90 Å². The van der Waals surface area contributed by atoms with E-state index in [2.05, 4.69) is 10.3 Å². The number of pyridine rings is 1. The summed E-state index contributed by atoms with van der Waals surface area (Å²) in [5, 5.41) is 3.03. The smallest absolute Gasteiger partial charge is 0.251 e. The van der Waals surface area contributed by atoms with Gasteiger partial charge in [-0.2, -0.15) is 0 Å². The van der Waals surface area contributed by atoms with Gasteiger partial charge in [-0.25, -0.2) is 4.98 Å². The fourth-order valence-electron chi connectivity index (χ4n) is 3.74. The molecule has 8 nitrogen and oxygen atoms in total. The second kappa shape index (κ2) is 9.14. The molecule has 27 heavy (non-hydrogen) atoms. The average molecular weight is 377 g/mol. The molecular weight excluding hydrogens is 350 g/mol. The Balaban J connectivity index is 1.59. The lowest BCUT2D eigenvalue weighted by Crippen LogP contribution is -2.51. The van der Waals surface area contributed by atoms with Crippen molar-refractivity contribution in [3.05, 3.63) is 23.9 Å². The SMILES string of the molecule is COc1cc(C(=O)N[C@H]2CC[C@H](C(=O)N3CCOCC3)C[C@@H]2OC)ccn1. The average Bonchev–Trinajstić information content (AvgIpc) is 2.74. The standard InChI is InChI=1S/C19H27N3O5/c1-25-16-11-14(19(24)22-7-9-27-10-8-22)3-4-15(16)21-18(23)13-5-6-20-17(12-13)26-2/h5-6,12,14-16H,3-4,7-11H2,1-2H3,(H,21,23)/t14-,15-,16-/m0/s1. The van der Waals surface area contributed by atoms with Crippen LogP contribution in [0.15, 0.2) is 18.3 Å². The Morgan fingerprint density at radius 2 is 2.04 bits per heavy atom. The van der Waals surface area contributed by atoms with Gasteiger partial charge in [0.25, 0.3) is 5.91 Å². The number of hydrogen-bond acceptors (Lipinski definition) is 6. The van der Waals surface area contributed by atoms with E-state index in [4.69, 9.17) is 14.2 Å². The van der Waals surface area contributed by atoms with Gasteiger partial charge in [-0.15, -0.1) is 0 Å². The summed E-state index contributed by atoms with van der Waals surface area (Å²) < 4.78 is 16.0. The van der Waals surface area contributed by atoms with Gasteiger partial charge >= 0.3 is 0 Å². The van der Waals surface area contributed by atoms with Crippen molar-refractivity contribution in [2.24, 2.45) is 5.92 Å². The highest BCUT2D eigenvalue weighted by Crippen LogP contribution is 2.29. The molecule has 2 fully saturated rings. The number of hydrogen-bond donors (Lipinski definition) is 1. The summed E-state index contributed by atoms with van der Waals surface area (Å²) in [6.45, 7) is 2.49. The summed E-state index contributed by atoms with van der Waals surface area (Å²) in [6.07, 6.45) is 3.39. The molecule has 0 bridgehead atoms. The number of nitrogens with one attached hydrogen (secondary N) is 1. The summed E-state index contributed by atoms with van der Waals surface area (Å²) in [4.78, 5) is 31.2. The first-order chi connectivity index (χ1) is 13.1. The molecule has 2 amide bonds. The minimum Gasteiger partial charge on any atom is -0.481 e. The molecule has 0 aromatic carbocycles. The van der Waals surface area contributed by atoms with Crippen LogP contribution in [0.5, 0.6) is 5.88 Å². The largest absolute Gasteiger partial charge is 0.481 e. The number of carbonyl (C=O) groups excluding carboxylic acids is 2. The zero-order valence-electron chi connectivity index (χ0n) is 15.8. The Bertz CT molecular complexity index is 663. The van der Waals surface area contributed by atoms with Crippen molar-refractivity contribution in [3.63, 3.8) is 0 Å².